The molecule has 0 saturated carbocycles. The molecule has 0 aliphatic heterocycles. The quantitative estimate of drug-likeness (QED) is 0.633. The van der Waals surface area contributed by atoms with Crippen LogP contribution in [0.3, 0.4) is 0 Å². The zero-order valence-electron chi connectivity index (χ0n) is 5.27. The van der Waals surface area contributed by atoms with E-state index in [9.17, 15) is 0 Å². The third-order valence-corrected chi connectivity index (χ3v) is 1.80. The molecule has 0 spiro atoms. The predicted molar refractivity (Wildman–Crippen MR) is 42.9 cm³/mol. The van der Waals surface area contributed by atoms with E-state index in [-0.39, 0.29) is 0 Å². The standard InChI is InChI=1S/C7H2Cl2NO/c8-4-1-5(9)7-6(2-4)10-3-11-7/h1-2H. The minimum atomic E-state index is 0.459. The molecule has 55 valence electrons. The van der Waals surface area contributed by atoms with Gasteiger partial charge in [-0.1, -0.05) is 23.2 Å². The lowest BCUT2D eigenvalue weighted by Crippen LogP contribution is -1.69. The van der Waals surface area contributed by atoms with Crippen molar-refractivity contribution in [2.45, 2.75) is 0 Å². The summed E-state index contributed by atoms with van der Waals surface area (Å²) in [6, 6.07) is 3.27. The molecule has 2 nitrogen and oxygen atoms in total. The molecule has 0 fully saturated rings. The molecule has 11 heavy (non-hydrogen) atoms. The number of rotatable bonds is 0. The Morgan fingerprint density at radius 2 is 2.18 bits per heavy atom. The molecule has 2 rings (SSSR count). The SMILES string of the molecule is Clc1cc(Cl)c2o[c]nc2c1. The highest BCUT2D eigenvalue weighted by Gasteiger charge is 2.04. The number of aromatic nitrogens is 1. The van der Waals surface area contributed by atoms with Crippen molar-refractivity contribution in [3.63, 3.8) is 0 Å². The van der Waals surface area contributed by atoms with Crippen LogP contribution in [0.2, 0.25) is 10.0 Å². The van der Waals surface area contributed by atoms with E-state index in [1.54, 1.807) is 12.1 Å². The van der Waals surface area contributed by atoms with Gasteiger partial charge < -0.3 is 4.42 Å². The summed E-state index contributed by atoms with van der Waals surface area (Å²) < 4.78 is 4.88. The third kappa shape index (κ3) is 1.08. The molecular formula is C7H2Cl2NO. The van der Waals surface area contributed by atoms with Crippen molar-refractivity contribution < 1.29 is 4.42 Å². The first-order chi connectivity index (χ1) is 5.27. The van der Waals surface area contributed by atoms with Crippen molar-refractivity contribution >= 4 is 34.3 Å². The smallest absolute Gasteiger partial charge is 0.284 e. The Bertz CT molecular complexity index is 396. The van der Waals surface area contributed by atoms with Crippen LogP contribution < -0.4 is 0 Å². The number of nitrogens with zero attached hydrogens (tertiary/aromatic N) is 1. The summed E-state index contributed by atoms with van der Waals surface area (Å²) in [7, 11) is 0. The average molecular weight is 187 g/mol. The van der Waals surface area contributed by atoms with E-state index >= 15 is 0 Å². The first-order valence-electron chi connectivity index (χ1n) is 2.89. The highest BCUT2D eigenvalue weighted by Crippen LogP contribution is 2.26. The second-order valence-electron chi connectivity index (χ2n) is 2.04. The highest BCUT2D eigenvalue weighted by atomic mass is 35.5. The van der Waals surface area contributed by atoms with Crippen molar-refractivity contribution in [2.24, 2.45) is 0 Å². The number of oxazole rings is 1. The van der Waals surface area contributed by atoms with Crippen molar-refractivity contribution in [1.82, 2.24) is 4.98 Å². The highest BCUT2D eigenvalue weighted by molar-refractivity contribution is 6.37. The zero-order valence-corrected chi connectivity index (χ0v) is 6.78. The molecule has 0 aliphatic rings. The Morgan fingerprint density at radius 3 is 3.00 bits per heavy atom. The van der Waals surface area contributed by atoms with Gasteiger partial charge in [0.2, 0.25) is 0 Å². The summed E-state index contributed by atoms with van der Waals surface area (Å²) in [6.07, 6.45) is 2.34. The van der Waals surface area contributed by atoms with Crippen LogP contribution in [0.4, 0.5) is 0 Å². The van der Waals surface area contributed by atoms with Crippen LogP contribution in [0.1, 0.15) is 0 Å². The van der Waals surface area contributed by atoms with E-state index < -0.39 is 0 Å². The van der Waals surface area contributed by atoms with E-state index in [1.807, 2.05) is 0 Å². The Morgan fingerprint density at radius 1 is 1.36 bits per heavy atom. The maximum absolute atomic E-state index is 5.77. The first-order valence-corrected chi connectivity index (χ1v) is 3.64. The summed E-state index contributed by atoms with van der Waals surface area (Å²) in [4.78, 5) is 3.78. The molecule has 4 heteroatoms. The minimum absolute atomic E-state index is 0.459. The fraction of sp³-hybridized carbons (Fsp3) is 0. The predicted octanol–water partition coefficient (Wildman–Crippen LogP) is 2.93. The molecule has 1 radical (unpaired) electrons. The molecule has 1 aromatic heterocycles. The molecule has 0 saturated heterocycles. The number of halogens is 2. The molecule has 1 heterocycles. The van der Waals surface area contributed by atoms with E-state index in [0.717, 1.165) is 0 Å². The van der Waals surface area contributed by atoms with Crippen LogP contribution in [-0.4, -0.2) is 4.98 Å². The van der Waals surface area contributed by atoms with Gasteiger partial charge in [-0.15, -0.1) is 0 Å². The lowest BCUT2D eigenvalue weighted by Gasteiger charge is -1.91. The summed E-state index contributed by atoms with van der Waals surface area (Å²) in [5, 5.41) is 1.01. The summed E-state index contributed by atoms with van der Waals surface area (Å²) in [5.74, 6) is 0. The number of fused-ring (bicyclic) bond motifs is 1. The third-order valence-electron chi connectivity index (χ3n) is 1.30. The van der Waals surface area contributed by atoms with Gasteiger partial charge in [-0.05, 0) is 12.1 Å². The van der Waals surface area contributed by atoms with Gasteiger partial charge in [-0.25, -0.2) is 4.98 Å². The molecule has 0 N–H and O–H groups in total. The zero-order chi connectivity index (χ0) is 7.84. The van der Waals surface area contributed by atoms with Crippen LogP contribution in [0.25, 0.3) is 11.1 Å². The van der Waals surface area contributed by atoms with Gasteiger partial charge in [0, 0.05) is 5.02 Å². The molecule has 0 unspecified atom stereocenters. The maximum atomic E-state index is 5.77. The van der Waals surface area contributed by atoms with Gasteiger partial charge in [-0.3, -0.25) is 0 Å². The fourth-order valence-electron chi connectivity index (χ4n) is 0.849. The van der Waals surface area contributed by atoms with E-state index in [1.165, 1.54) is 0 Å². The Hall–Kier alpha value is -0.730. The van der Waals surface area contributed by atoms with E-state index in [4.69, 9.17) is 27.6 Å². The normalized spacial score (nSPS) is 10.7. The van der Waals surface area contributed by atoms with Crippen molar-refractivity contribution in [3.05, 3.63) is 28.6 Å². The minimum Gasteiger partial charge on any atom is -0.431 e. The molecule has 0 amide bonds. The largest absolute Gasteiger partial charge is 0.431 e. The summed E-state index contributed by atoms with van der Waals surface area (Å²) in [5.41, 5.74) is 1.15. The van der Waals surface area contributed by atoms with Gasteiger partial charge in [-0.2, -0.15) is 0 Å². The Kier molecular flexibility index (Phi) is 1.51. The number of hydrogen-bond donors (Lipinski definition) is 0. The van der Waals surface area contributed by atoms with Crippen LogP contribution in [-0.2, 0) is 0 Å². The molecule has 0 atom stereocenters. The number of hydrogen-bond acceptors (Lipinski definition) is 2. The fourth-order valence-corrected chi connectivity index (χ4v) is 1.37. The molecular weight excluding hydrogens is 185 g/mol. The molecule has 2 aromatic rings. The van der Waals surface area contributed by atoms with Crippen LogP contribution in [0.5, 0.6) is 0 Å². The van der Waals surface area contributed by atoms with Crippen molar-refractivity contribution in [3.8, 4) is 0 Å². The lowest BCUT2D eigenvalue weighted by atomic mass is 10.3. The summed E-state index contributed by atoms with van der Waals surface area (Å²) in [6.45, 7) is 0. The van der Waals surface area contributed by atoms with Gasteiger partial charge in [0.05, 0.1) is 5.02 Å². The Labute approximate surface area is 72.7 Å². The topological polar surface area (TPSA) is 26.0 Å². The second kappa shape index (κ2) is 2.40. The van der Waals surface area contributed by atoms with Gasteiger partial charge in [0.1, 0.15) is 5.52 Å². The van der Waals surface area contributed by atoms with Crippen LogP contribution in [0.15, 0.2) is 16.5 Å². The average Bonchev–Trinajstić information content (AvgIpc) is 2.34. The second-order valence-corrected chi connectivity index (χ2v) is 2.88. The molecule has 1 aromatic carbocycles. The first kappa shape index (κ1) is 6.95. The molecule has 0 aliphatic carbocycles. The van der Waals surface area contributed by atoms with Gasteiger partial charge >= 0.3 is 0 Å². The van der Waals surface area contributed by atoms with Crippen molar-refractivity contribution in [2.75, 3.05) is 0 Å². The summed E-state index contributed by atoms with van der Waals surface area (Å²) >= 11 is 11.5. The Balaban J connectivity index is 2.91. The van der Waals surface area contributed by atoms with Gasteiger partial charge in [0.15, 0.2) is 5.58 Å². The maximum Gasteiger partial charge on any atom is 0.284 e. The molecule has 0 bridgehead atoms. The van der Waals surface area contributed by atoms with Crippen LogP contribution in [0, 0.1) is 6.39 Å². The van der Waals surface area contributed by atoms with Gasteiger partial charge in [0.25, 0.3) is 6.39 Å². The monoisotopic (exact) mass is 186 g/mol. The van der Waals surface area contributed by atoms with E-state index in [2.05, 4.69) is 11.4 Å². The van der Waals surface area contributed by atoms with Crippen molar-refractivity contribution in [1.29, 1.82) is 0 Å². The lowest BCUT2D eigenvalue weighted by molar-refractivity contribution is 0.591. The van der Waals surface area contributed by atoms with E-state index in [0.29, 0.717) is 21.1 Å². The number of benzene rings is 1. The van der Waals surface area contributed by atoms with Crippen LogP contribution >= 0.6 is 23.2 Å².